The number of fused-ring (bicyclic) bond motifs is 1. The Kier molecular flexibility index (Phi) is 3.46. The normalized spacial score (nSPS) is 10.9. The highest BCUT2D eigenvalue weighted by atomic mass is 19.1. The SMILES string of the molecule is O=c1[nH]c2ccc(Oc3cccc(-c4cccc(O)c4F)n3)cc2[nH]1. The maximum atomic E-state index is 14.1. The van der Waals surface area contributed by atoms with Crippen molar-refractivity contribution in [1.29, 1.82) is 0 Å². The summed E-state index contributed by atoms with van der Waals surface area (Å²) in [7, 11) is 0. The van der Waals surface area contributed by atoms with Crippen molar-refractivity contribution in [3.63, 3.8) is 0 Å². The Balaban J connectivity index is 1.69. The lowest BCUT2D eigenvalue weighted by Gasteiger charge is -2.08. The number of aromatic nitrogens is 3. The highest BCUT2D eigenvalue weighted by molar-refractivity contribution is 5.76. The summed E-state index contributed by atoms with van der Waals surface area (Å²) < 4.78 is 19.8. The van der Waals surface area contributed by atoms with Gasteiger partial charge in [-0.15, -0.1) is 0 Å². The van der Waals surface area contributed by atoms with Crippen LogP contribution in [-0.4, -0.2) is 20.1 Å². The van der Waals surface area contributed by atoms with Crippen LogP contribution in [0, 0.1) is 5.82 Å². The Bertz CT molecular complexity index is 1130. The number of pyridine rings is 1. The van der Waals surface area contributed by atoms with E-state index in [9.17, 15) is 14.3 Å². The molecule has 0 aliphatic rings. The molecule has 0 fully saturated rings. The van der Waals surface area contributed by atoms with Gasteiger partial charge < -0.3 is 19.8 Å². The molecule has 124 valence electrons. The van der Waals surface area contributed by atoms with E-state index in [1.165, 1.54) is 12.1 Å². The molecule has 4 rings (SSSR count). The third kappa shape index (κ3) is 2.83. The van der Waals surface area contributed by atoms with Gasteiger partial charge in [0, 0.05) is 17.7 Å². The van der Waals surface area contributed by atoms with Crippen LogP contribution in [0.3, 0.4) is 0 Å². The molecule has 4 aromatic rings. The highest BCUT2D eigenvalue weighted by Crippen LogP contribution is 2.29. The van der Waals surface area contributed by atoms with Gasteiger partial charge in [-0.3, -0.25) is 0 Å². The van der Waals surface area contributed by atoms with Gasteiger partial charge in [0.05, 0.1) is 16.7 Å². The van der Waals surface area contributed by atoms with Crippen molar-refractivity contribution in [3.8, 4) is 28.6 Å². The molecule has 0 aliphatic carbocycles. The van der Waals surface area contributed by atoms with E-state index in [0.717, 1.165) is 0 Å². The number of hydrogen-bond donors (Lipinski definition) is 3. The molecule has 0 radical (unpaired) electrons. The molecule has 2 aromatic heterocycles. The molecule has 0 saturated heterocycles. The average Bonchev–Trinajstić information content (AvgIpc) is 2.97. The third-order valence-electron chi connectivity index (χ3n) is 3.69. The second-order valence-corrected chi connectivity index (χ2v) is 5.39. The summed E-state index contributed by atoms with van der Waals surface area (Å²) >= 11 is 0. The van der Waals surface area contributed by atoms with Gasteiger partial charge in [-0.05, 0) is 30.3 Å². The average molecular weight is 337 g/mol. The number of phenolic OH excluding ortho intramolecular Hbond substituents is 1. The fourth-order valence-corrected chi connectivity index (χ4v) is 2.54. The van der Waals surface area contributed by atoms with Gasteiger partial charge >= 0.3 is 5.69 Å². The lowest BCUT2D eigenvalue weighted by atomic mass is 10.1. The van der Waals surface area contributed by atoms with Crippen LogP contribution in [0.4, 0.5) is 4.39 Å². The molecule has 2 heterocycles. The zero-order valence-electron chi connectivity index (χ0n) is 12.8. The van der Waals surface area contributed by atoms with E-state index >= 15 is 0 Å². The fourth-order valence-electron chi connectivity index (χ4n) is 2.54. The smallest absolute Gasteiger partial charge is 0.323 e. The largest absolute Gasteiger partial charge is 0.505 e. The van der Waals surface area contributed by atoms with Gasteiger partial charge in [0.2, 0.25) is 5.88 Å². The Hall–Kier alpha value is -3.61. The fraction of sp³-hybridized carbons (Fsp3) is 0. The van der Waals surface area contributed by atoms with Gasteiger partial charge in [-0.2, -0.15) is 0 Å². The van der Waals surface area contributed by atoms with Crippen LogP contribution in [0.2, 0.25) is 0 Å². The Labute approximate surface area is 140 Å². The molecule has 0 unspecified atom stereocenters. The topological polar surface area (TPSA) is 91.0 Å². The van der Waals surface area contributed by atoms with E-state index in [4.69, 9.17) is 4.74 Å². The van der Waals surface area contributed by atoms with Gasteiger partial charge in [0.1, 0.15) is 5.75 Å². The lowest BCUT2D eigenvalue weighted by molar-refractivity contribution is 0.433. The number of rotatable bonds is 3. The minimum atomic E-state index is -0.738. The van der Waals surface area contributed by atoms with E-state index in [1.807, 2.05) is 0 Å². The molecule has 0 saturated carbocycles. The summed E-state index contributed by atoms with van der Waals surface area (Å²) in [5, 5.41) is 9.50. The summed E-state index contributed by atoms with van der Waals surface area (Å²) in [6, 6.07) is 14.3. The highest BCUT2D eigenvalue weighted by Gasteiger charge is 2.11. The third-order valence-corrected chi connectivity index (χ3v) is 3.69. The van der Waals surface area contributed by atoms with E-state index in [0.29, 0.717) is 22.5 Å². The van der Waals surface area contributed by atoms with Crippen molar-refractivity contribution in [2.45, 2.75) is 0 Å². The molecule has 0 spiro atoms. The number of aromatic hydroxyl groups is 1. The second kappa shape index (κ2) is 5.79. The summed E-state index contributed by atoms with van der Waals surface area (Å²) in [5.74, 6) is -0.438. The molecule has 25 heavy (non-hydrogen) atoms. The van der Waals surface area contributed by atoms with Crippen LogP contribution in [0.15, 0.2) is 59.4 Å². The van der Waals surface area contributed by atoms with Crippen molar-refractivity contribution in [1.82, 2.24) is 15.0 Å². The van der Waals surface area contributed by atoms with Crippen LogP contribution in [0.25, 0.3) is 22.3 Å². The van der Waals surface area contributed by atoms with Crippen LogP contribution >= 0.6 is 0 Å². The standard InChI is InChI=1S/C18H12FN3O3/c19-17-11(3-1-5-15(17)23)12-4-2-6-16(20-12)25-10-7-8-13-14(9-10)22-18(24)21-13/h1-9,23H,(H2,21,22,24). The van der Waals surface area contributed by atoms with Gasteiger partial charge in [0.25, 0.3) is 0 Å². The molecule has 0 amide bonds. The first-order valence-corrected chi connectivity index (χ1v) is 7.45. The molecule has 0 atom stereocenters. The number of nitrogens with one attached hydrogen (secondary N) is 2. The first-order valence-electron chi connectivity index (χ1n) is 7.45. The predicted molar refractivity (Wildman–Crippen MR) is 90.3 cm³/mol. The number of H-pyrrole nitrogens is 2. The molecule has 7 heteroatoms. The van der Waals surface area contributed by atoms with Crippen molar-refractivity contribution < 1.29 is 14.2 Å². The molecule has 6 nitrogen and oxygen atoms in total. The van der Waals surface area contributed by atoms with Crippen LogP contribution < -0.4 is 10.4 Å². The molecule has 3 N–H and O–H groups in total. The number of benzene rings is 2. The molecule has 0 aliphatic heterocycles. The minimum absolute atomic E-state index is 0.177. The maximum Gasteiger partial charge on any atom is 0.323 e. The second-order valence-electron chi connectivity index (χ2n) is 5.39. The first kappa shape index (κ1) is 14.9. The number of phenols is 1. The lowest BCUT2D eigenvalue weighted by Crippen LogP contribution is -1.99. The van der Waals surface area contributed by atoms with Crippen LogP contribution in [-0.2, 0) is 0 Å². The van der Waals surface area contributed by atoms with Crippen LogP contribution in [0.1, 0.15) is 0 Å². The Morgan fingerprint density at radius 2 is 1.80 bits per heavy atom. The zero-order chi connectivity index (χ0) is 17.4. The molecular formula is C18H12FN3O3. The van der Waals surface area contributed by atoms with E-state index in [2.05, 4.69) is 15.0 Å². The van der Waals surface area contributed by atoms with Crippen molar-refractivity contribution in [3.05, 3.63) is 70.9 Å². The number of nitrogens with zero attached hydrogens (tertiary/aromatic N) is 1. The van der Waals surface area contributed by atoms with Gasteiger partial charge in [-0.25, -0.2) is 14.2 Å². The van der Waals surface area contributed by atoms with Crippen molar-refractivity contribution in [2.75, 3.05) is 0 Å². The number of ether oxygens (including phenoxy) is 1. The van der Waals surface area contributed by atoms with Crippen molar-refractivity contribution in [2.24, 2.45) is 0 Å². The summed E-state index contributed by atoms with van der Waals surface area (Å²) in [4.78, 5) is 20.9. The van der Waals surface area contributed by atoms with Crippen LogP contribution in [0.5, 0.6) is 17.4 Å². The summed E-state index contributed by atoms with van der Waals surface area (Å²) in [6.07, 6.45) is 0. The predicted octanol–water partition coefficient (Wildman–Crippen LogP) is 3.56. The number of imidazole rings is 1. The summed E-state index contributed by atoms with van der Waals surface area (Å²) in [5.41, 5.74) is 1.49. The quantitative estimate of drug-likeness (QED) is 0.533. The Morgan fingerprint density at radius 3 is 2.68 bits per heavy atom. The molecular weight excluding hydrogens is 325 g/mol. The maximum absolute atomic E-state index is 14.1. The van der Waals surface area contributed by atoms with E-state index < -0.39 is 11.6 Å². The summed E-state index contributed by atoms with van der Waals surface area (Å²) in [6.45, 7) is 0. The van der Waals surface area contributed by atoms with Gasteiger partial charge in [-0.1, -0.05) is 12.1 Å². The Morgan fingerprint density at radius 1 is 1.00 bits per heavy atom. The first-order chi connectivity index (χ1) is 12.1. The molecule has 0 bridgehead atoms. The molecule has 2 aromatic carbocycles. The van der Waals surface area contributed by atoms with Gasteiger partial charge in [0.15, 0.2) is 11.6 Å². The van der Waals surface area contributed by atoms with Crippen molar-refractivity contribution >= 4 is 11.0 Å². The minimum Gasteiger partial charge on any atom is -0.505 e. The zero-order valence-corrected chi connectivity index (χ0v) is 12.8. The monoisotopic (exact) mass is 337 g/mol. The number of hydrogen-bond acceptors (Lipinski definition) is 4. The van der Waals surface area contributed by atoms with E-state index in [-0.39, 0.29) is 17.1 Å². The van der Waals surface area contributed by atoms with E-state index in [1.54, 1.807) is 42.5 Å². The number of aromatic amines is 2. The number of halogens is 1.